The summed E-state index contributed by atoms with van der Waals surface area (Å²) in [6.07, 6.45) is 0. The van der Waals surface area contributed by atoms with Gasteiger partial charge in [0.15, 0.2) is 5.82 Å². The molecule has 0 radical (unpaired) electrons. The normalized spacial score (nSPS) is 10.4. The number of nitrogens with one attached hydrogen (secondary N) is 2. The number of hydrogen-bond donors (Lipinski definition) is 2. The number of halogens is 3. The maximum Gasteiger partial charge on any atom is 0.238 e. The Morgan fingerprint density at radius 1 is 1.39 bits per heavy atom. The fraction of sp³-hybridized carbons (Fsp3) is 0.364. The van der Waals surface area contributed by atoms with Crippen molar-refractivity contribution in [3.05, 3.63) is 28.0 Å². The Kier molecular flexibility index (Phi) is 6.35. The van der Waals surface area contributed by atoms with E-state index in [1.54, 1.807) is 7.11 Å². The third-order valence-electron chi connectivity index (χ3n) is 2.04. The van der Waals surface area contributed by atoms with Crippen molar-refractivity contribution in [3.63, 3.8) is 0 Å². The van der Waals surface area contributed by atoms with Gasteiger partial charge >= 0.3 is 0 Å². The molecular formula is C11H13Cl2FN2O2. The minimum Gasteiger partial charge on any atom is -0.383 e. The lowest BCUT2D eigenvalue weighted by atomic mass is 10.3. The quantitative estimate of drug-likeness (QED) is 0.625. The summed E-state index contributed by atoms with van der Waals surface area (Å²) in [5.41, 5.74) is 0.352. The summed E-state index contributed by atoms with van der Waals surface area (Å²) in [5, 5.41) is 5.15. The molecule has 4 nitrogen and oxygen atoms in total. The number of amides is 1. The third-order valence-corrected chi connectivity index (χ3v) is 2.59. The van der Waals surface area contributed by atoms with Crippen LogP contribution < -0.4 is 10.6 Å². The molecule has 1 rings (SSSR count). The van der Waals surface area contributed by atoms with Crippen molar-refractivity contribution in [2.75, 3.05) is 32.1 Å². The van der Waals surface area contributed by atoms with E-state index in [-0.39, 0.29) is 22.5 Å². The molecule has 1 aromatic rings. The van der Waals surface area contributed by atoms with Crippen LogP contribution in [0.4, 0.5) is 10.1 Å². The van der Waals surface area contributed by atoms with E-state index in [2.05, 4.69) is 10.6 Å². The summed E-state index contributed by atoms with van der Waals surface area (Å²) in [4.78, 5) is 11.5. The smallest absolute Gasteiger partial charge is 0.238 e. The first-order valence-corrected chi connectivity index (χ1v) is 5.94. The van der Waals surface area contributed by atoms with Crippen molar-refractivity contribution < 1.29 is 13.9 Å². The van der Waals surface area contributed by atoms with Crippen LogP contribution in [-0.4, -0.2) is 32.7 Å². The van der Waals surface area contributed by atoms with E-state index in [0.29, 0.717) is 18.8 Å². The number of ether oxygens (including phenoxy) is 1. The largest absolute Gasteiger partial charge is 0.383 e. The lowest BCUT2D eigenvalue weighted by molar-refractivity contribution is -0.115. The van der Waals surface area contributed by atoms with Crippen LogP contribution in [0.25, 0.3) is 0 Å². The number of anilines is 1. The molecule has 0 aliphatic rings. The Morgan fingerprint density at radius 3 is 2.56 bits per heavy atom. The summed E-state index contributed by atoms with van der Waals surface area (Å²) in [6.45, 7) is 1.20. The van der Waals surface area contributed by atoms with Gasteiger partial charge in [0, 0.05) is 19.3 Å². The van der Waals surface area contributed by atoms with E-state index in [1.807, 2.05) is 0 Å². The van der Waals surface area contributed by atoms with Crippen molar-refractivity contribution in [2.24, 2.45) is 0 Å². The van der Waals surface area contributed by atoms with Crippen LogP contribution in [0.15, 0.2) is 12.1 Å². The molecule has 0 spiro atoms. The highest BCUT2D eigenvalue weighted by molar-refractivity contribution is 6.35. The van der Waals surface area contributed by atoms with Crippen molar-refractivity contribution in [3.8, 4) is 0 Å². The second kappa shape index (κ2) is 7.53. The molecule has 1 amide bonds. The van der Waals surface area contributed by atoms with Gasteiger partial charge in [-0.2, -0.15) is 0 Å². The first-order chi connectivity index (χ1) is 8.54. The maximum absolute atomic E-state index is 13.1. The van der Waals surface area contributed by atoms with Gasteiger partial charge in [0.2, 0.25) is 5.91 Å². The molecule has 0 bridgehead atoms. The lowest BCUT2D eigenvalue weighted by Gasteiger charge is -2.08. The fourth-order valence-corrected chi connectivity index (χ4v) is 1.70. The molecule has 0 aliphatic heterocycles. The Morgan fingerprint density at radius 2 is 2.00 bits per heavy atom. The van der Waals surface area contributed by atoms with Crippen molar-refractivity contribution in [1.82, 2.24) is 5.32 Å². The predicted octanol–water partition coefficient (Wildman–Crippen LogP) is 2.31. The van der Waals surface area contributed by atoms with Crippen molar-refractivity contribution >= 4 is 34.8 Å². The van der Waals surface area contributed by atoms with Gasteiger partial charge < -0.3 is 15.4 Å². The lowest BCUT2D eigenvalue weighted by Crippen LogP contribution is -2.30. The molecule has 0 saturated carbocycles. The van der Waals surface area contributed by atoms with Gasteiger partial charge in [-0.25, -0.2) is 4.39 Å². The second-order valence-corrected chi connectivity index (χ2v) is 4.29. The maximum atomic E-state index is 13.1. The number of benzene rings is 1. The molecule has 7 heteroatoms. The Balaban J connectivity index is 2.49. The molecular weight excluding hydrogens is 282 g/mol. The zero-order valence-corrected chi connectivity index (χ0v) is 11.2. The van der Waals surface area contributed by atoms with Gasteiger partial charge in [0.25, 0.3) is 0 Å². The van der Waals surface area contributed by atoms with Crippen LogP contribution in [0, 0.1) is 5.82 Å². The molecule has 0 aromatic heterocycles. The first-order valence-electron chi connectivity index (χ1n) is 5.18. The second-order valence-electron chi connectivity index (χ2n) is 3.47. The van der Waals surface area contributed by atoms with Crippen LogP contribution in [0.5, 0.6) is 0 Å². The third kappa shape index (κ3) is 4.78. The van der Waals surface area contributed by atoms with Gasteiger partial charge in [-0.15, -0.1) is 0 Å². The van der Waals surface area contributed by atoms with Crippen LogP contribution in [0.1, 0.15) is 0 Å². The number of carbonyl (C=O) groups excluding carboxylic acids is 1. The van der Waals surface area contributed by atoms with Gasteiger partial charge in [0.05, 0.1) is 23.2 Å². The van der Waals surface area contributed by atoms with Crippen LogP contribution in [-0.2, 0) is 9.53 Å². The van der Waals surface area contributed by atoms with Crippen LogP contribution >= 0.6 is 23.2 Å². The predicted molar refractivity (Wildman–Crippen MR) is 69.8 cm³/mol. The van der Waals surface area contributed by atoms with E-state index in [9.17, 15) is 9.18 Å². The number of hydrogen-bond acceptors (Lipinski definition) is 3. The Labute approximate surface area is 114 Å². The molecule has 0 heterocycles. The minimum atomic E-state index is -0.699. The zero-order chi connectivity index (χ0) is 13.5. The SMILES string of the molecule is COCCNCC(=O)Nc1cc(Cl)c(F)c(Cl)c1. The number of rotatable bonds is 6. The Hall–Kier alpha value is -0.880. The molecule has 18 heavy (non-hydrogen) atoms. The number of carbonyl (C=O) groups is 1. The first kappa shape index (κ1) is 15.2. The van der Waals surface area contributed by atoms with E-state index < -0.39 is 5.82 Å². The molecule has 0 unspecified atom stereocenters. The zero-order valence-electron chi connectivity index (χ0n) is 9.73. The standard InChI is InChI=1S/C11H13Cl2FN2O2/c1-18-3-2-15-6-10(17)16-7-4-8(12)11(14)9(13)5-7/h4-5,15H,2-3,6H2,1H3,(H,16,17). The molecule has 2 N–H and O–H groups in total. The summed E-state index contributed by atoms with van der Waals surface area (Å²) in [5.74, 6) is -0.973. The summed E-state index contributed by atoms with van der Waals surface area (Å²) >= 11 is 11.2. The highest BCUT2D eigenvalue weighted by Crippen LogP contribution is 2.27. The van der Waals surface area contributed by atoms with Gasteiger partial charge in [-0.05, 0) is 12.1 Å². The molecule has 0 fully saturated rings. The Bertz CT molecular complexity index is 406. The van der Waals surface area contributed by atoms with Gasteiger partial charge in [-0.3, -0.25) is 4.79 Å². The average Bonchev–Trinajstić information content (AvgIpc) is 2.31. The van der Waals surface area contributed by atoms with Crippen molar-refractivity contribution in [1.29, 1.82) is 0 Å². The van der Waals surface area contributed by atoms with Crippen LogP contribution in [0.3, 0.4) is 0 Å². The van der Waals surface area contributed by atoms with Crippen LogP contribution in [0.2, 0.25) is 10.0 Å². The molecule has 0 saturated heterocycles. The topological polar surface area (TPSA) is 50.4 Å². The summed E-state index contributed by atoms with van der Waals surface area (Å²) in [6, 6.07) is 2.60. The fourth-order valence-electron chi connectivity index (χ4n) is 1.21. The molecule has 0 aliphatic carbocycles. The van der Waals surface area contributed by atoms with E-state index >= 15 is 0 Å². The molecule has 0 atom stereocenters. The average molecular weight is 295 g/mol. The van der Waals surface area contributed by atoms with Crippen molar-refractivity contribution in [2.45, 2.75) is 0 Å². The molecule has 100 valence electrons. The van der Waals surface area contributed by atoms with Gasteiger partial charge in [0.1, 0.15) is 0 Å². The number of methoxy groups -OCH3 is 1. The summed E-state index contributed by atoms with van der Waals surface area (Å²) in [7, 11) is 1.57. The highest BCUT2D eigenvalue weighted by atomic mass is 35.5. The van der Waals surface area contributed by atoms with E-state index in [0.717, 1.165) is 0 Å². The van der Waals surface area contributed by atoms with E-state index in [1.165, 1.54) is 12.1 Å². The molecule has 1 aromatic carbocycles. The highest BCUT2D eigenvalue weighted by Gasteiger charge is 2.09. The monoisotopic (exact) mass is 294 g/mol. The van der Waals surface area contributed by atoms with Gasteiger partial charge in [-0.1, -0.05) is 23.2 Å². The minimum absolute atomic E-state index is 0.121. The summed E-state index contributed by atoms with van der Waals surface area (Å²) < 4.78 is 17.9. The van der Waals surface area contributed by atoms with E-state index in [4.69, 9.17) is 27.9 Å².